The molecule has 0 saturated carbocycles. The monoisotopic (exact) mass is 228 g/mol. The second kappa shape index (κ2) is 5.99. The Bertz CT molecular complexity index is 202. The lowest BCUT2D eigenvalue weighted by Crippen LogP contribution is -2.48. The van der Waals surface area contributed by atoms with Crippen LogP contribution in [-0.2, 0) is 0 Å². The zero-order valence-electron chi connectivity index (χ0n) is 11.3. The molecular formula is C13H28N2O. The number of β-amino-alcohol motifs (C(OH)–C–C–N with tert-alkyl or cyclic N) is 1. The summed E-state index contributed by atoms with van der Waals surface area (Å²) in [5.74, 6) is 1.07. The maximum Gasteiger partial charge on any atom is 0.0768 e. The maximum atomic E-state index is 10.3. The van der Waals surface area contributed by atoms with Crippen LogP contribution >= 0.6 is 0 Å². The third-order valence-corrected chi connectivity index (χ3v) is 3.88. The van der Waals surface area contributed by atoms with Gasteiger partial charge >= 0.3 is 0 Å². The fourth-order valence-corrected chi connectivity index (χ4v) is 2.39. The average Bonchev–Trinajstić information content (AvgIpc) is 2.17. The SMILES string of the molecule is CNCC1CCCN(CC(C)(O)C(C)C)C1. The van der Waals surface area contributed by atoms with E-state index in [0.29, 0.717) is 5.92 Å². The van der Waals surface area contributed by atoms with E-state index in [1.165, 1.54) is 12.8 Å². The fourth-order valence-electron chi connectivity index (χ4n) is 2.39. The molecule has 1 saturated heterocycles. The van der Waals surface area contributed by atoms with Crippen LogP contribution in [0.1, 0.15) is 33.6 Å². The molecule has 96 valence electrons. The Morgan fingerprint density at radius 2 is 2.19 bits per heavy atom. The van der Waals surface area contributed by atoms with Crippen molar-refractivity contribution < 1.29 is 5.11 Å². The lowest BCUT2D eigenvalue weighted by molar-refractivity contribution is -0.0275. The molecule has 0 amide bonds. The first kappa shape index (κ1) is 13.9. The molecule has 3 heteroatoms. The molecule has 2 atom stereocenters. The van der Waals surface area contributed by atoms with Gasteiger partial charge in [-0.1, -0.05) is 13.8 Å². The lowest BCUT2D eigenvalue weighted by Gasteiger charge is -2.39. The summed E-state index contributed by atoms with van der Waals surface area (Å²) >= 11 is 0. The molecule has 1 fully saturated rings. The first-order valence-corrected chi connectivity index (χ1v) is 6.55. The molecule has 1 aliphatic rings. The van der Waals surface area contributed by atoms with Crippen LogP contribution in [-0.4, -0.2) is 48.8 Å². The number of hydrogen-bond acceptors (Lipinski definition) is 3. The summed E-state index contributed by atoms with van der Waals surface area (Å²) in [7, 11) is 2.02. The highest BCUT2D eigenvalue weighted by atomic mass is 16.3. The van der Waals surface area contributed by atoms with Gasteiger partial charge in [-0.25, -0.2) is 0 Å². The van der Waals surface area contributed by atoms with Crippen LogP contribution in [0.3, 0.4) is 0 Å². The number of likely N-dealkylation sites (tertiary alicyclic amines) is 1. The van der Waals surface area contributed by atoms with E-state index in [2.05, 4.69) is 24.1 Å². The summed E-state index contributed by atoms with van der Waals surface area (Å²) in [6, 6.07) is 0. The zero-order valence-corrected chi connectivity index (χ0v) is 11.3. The molecule has 2 N–H and O–H groups in total. The van der Waals surface area contributed by atoms with Crippen molar-refractivity contribution in [3.05, 3.63) is 0 Å². The predicted octanol–water partition coefficient (Wildman–Crippen LogP) is 1.32. The normalized spacial score (nSPS) is 27.0. The van der Waals surface area contributed by atoms with Crippen LogP contribution in [0.4, 0.5) is 0 Å². The van der Waals surface area contributed by atoms with Gasteiger partial charge in [0.1, 0.15) is 0 Å². The third kappa shape index (κ3) is 4.04. The van der Waals surface area contributed by atoms with E-state index in [9.17, 15) is 5.11 Å². The highest BCUT2D eigenvalue weighted by Crippen LogP contribution is 2.22. The van der Waals surface area contributed by atoms with Crippen molar-refractivity contribution in [3.63, 3.8) is 0 Å². The third-order valence-electron chi connectivity index (χ3n) is 3.88. The molecule has 0 radical (unpaired) electrons. The topological polar surface area (TPSA) is 35.5 Å². The number of aliphatic hydroxyl groups is 1. The minimum Gasteiger partial charge on any atom is -0.389 e. The summed E-state index contributed by atoms with van der Waals surface area (Å²) in [6.07, 6.45) is 2.59. The summed E-state index contributed by atoms with van der Waals surface area (Å²) in [6.45, 7) is 10.3. The highest BCUT2D eigenvalue weighted by Gasteiger charge is 2.30. The predicted molar refractivity (Wildman–Crippen MR) is 68.6 cm³/mol. The van der Waals surface area contributed by atoms with Gasteiger partial charge in [0.05, 0.1) is 5.60 Å². The number of hydrogen-bond donors (Lipinski definition) is 2. The highest BCUT2D eigenvalue weighted by molar-refractivity contribution is 4.84. The molecule has 0 bridgehead atoms. The molecule has 3 nitrogen and oxygen atoms in total. The van der Waals surface area contributed by atoms with Gasteiger partial charge in [0.15, 0.2) is 0 Å². The molecular weight excluding hydrogens is 200 g/mol. The quantitative estimate of drug-likeness (QED) is 0.745. The molecule has 0 aromatic carbocycles. The number of piperidine rings is 1. The lowest BCUT2D eigenvalue weighted by atomic mass is 9.90. The Kier molecular flexibility index (Phi) is 5.22. The van der Waals surface area contributed by atoms with Gasteiger partial charge in [-0.2, -0.15) is 0 Å². The van der Waals surface area contributed by atoms with Gasteiger partial charge in [-0.3, -0.25) is 0 Å². The van der Waals surface area contributed by atoms with Crippen LogP contribution in [0.25, 0.3) is 0 Å². The second-order valence-corrected chi connectivity index (χ2v) is 5.81. The van der Waals surface area contributed by atoms with Crippen molar-refractivity contribution in [2.75, 3.05) is 33.2 Å². The van der Waals surface area contributed by atoms with Crippen LogP contribution in [0.5, 0.6) is 0 Å². The number of rotatable bonds is 5. The molecule has 0 aliphatic carbocycles. The first-order valence-electron chi connectivity index (χ1n) is 6.55. The second-order valence-electron chi connectivity index (χ2n) is 5.81. The Morgan fingerprint density at radius 1 is 1.50 bits per heavy atom. The molecule has 1 heterocycles. The van der Waals surface area contributed by atoms with E-state index >= 15 is 0 Å². The molecule has 2 unspecified atom stereocenters. The molecule has 0 aromatic rings. The number of nitrogens with zero attached hydrogens (tertiary/aromatic N) is 1. The van der Waals surface area contributed by atoms with Crippen molar-refractivity contribution in [2.45, 2.75) is 39.2 Å². The summed E-state index contributed by atoms with van der Waals surface area (Å²) in [5, 5.41) is 13.6. The van der Waals surface area contributed by atoms with E-state index in [-0.39, 0.29) is 0 Å². The zero-order chi connectivity index (χ0) is 12.2. The summed E-state index contributed by atoms with van der Waals surface area (Å²) in [5.41, 5.74) is -0.554. The Hall–Kier alpha value is -0.120. The van der Waals surface area contributed by atoms with Crippen molar-refractivity contribution in [1.29, 1.82) is 0 Å². The van der Waals surface area contributed by atoms with Gasteiger partial charge < -0.3 is 15.3 Å². The van der Waals surface area contributed by atoms with E-state index < -0.39 is 5.60 Å². The van der Waals surface area contributed by atoms with Crippen LogP contribution < -0.4 is 5.32 Å². The van der Waals surface area contributed by atoms with E-state index in [1.54, 1.807) is 0 Å². The van der Waals surface area contributed by atoms with E-state index in [0.717, 1.165) is 32.1 Å². The van der Waals surface area contributed by atoms with Gasteiger partial charge in [0.2, 0.25) is 0 Å². The smallest absolute Gasteiger partial charge is 0.0768 e. The van der Waals surface area contributed by atoms with Crippen LogP contribution in [0.2, 0.25) is 0 Å². The average molecular weight is 228 g/mol. The van der Waals surface area contributed by atoms with Gasteiger partial charge in [-0.05, 0) is 51.7 Å². The minimum absolute atomic E-state index is 0.317. The van der Waals surface area contributed by atoms with Crippen molar-refractivity contribution >= 4 is 0 Å². The van der Waals surface area contributed by atoms with Crippen molar-refractivity contribution in [1.82, 2.24) is 10.2 Å². The van der Waals surface area contributed by atoms with Gasteiger partial charge in [-0.15, -0.1) is 0 Å². The van der Waals surface area contributed by atoms with Gasteiger partial charge in [0, 0.05) is 13.1 Å². The largest absolute Gasteiger partial charge is 0.389 e. The van der Waals surface area contributed by atoms with Crippen LogP contribution in [0.15, 0.2) is 0 Å². The summed E-state index contributed by atoms with van der Waals surface area (Å²) in [4.78, 5) is 2.42. The van der Waals surface area contributed by atoms with Gasteiger partial charge in [0.25, 0.3) is 0 Å². The minimum atomic E-state index is -0.554. The van der Waals surface area contributed by atoms with E-state index in [1.807, 2.05) is 14.0 Å². The van der Waals surface area contributed by atoms with Crippen molar-refractivity contribution in [3.8, 4) is 0 Å². The van der Waals surface area contributed by atoms with Crippen molar-refractivity contribution in [2.24, 2.45) is 11.8 Å². The first-order chi connectivity index (χ1) is 7.45. The summed E-state index contributed by atoms with van der Waals surface area (Å²) < 4.78 is 0. The molecule has 0 spiro atoms. The Morgan fingerprint density at radius 3 is 2.75 bits per heavy atom. The maximum absolute atomic E-state index is 10.3. The molecule has 1 aliphatic heterocycles. The fraction of sp³-hybridized carbons (Fsp3) is 1.00. The van der Waals surface area contributed by atoms with Crippen LogP contribution in [0, 0.1) is 11.8 Å². The number of nitrogens with one attached hydrogen (secondary N) is 1. The molecule has 1 rings (SSSR count). The Labute approximate surface area is 100 Å². The molecule has 16 heavy (non-hydrogen) atoms. The standard InChI is InChI=1S/C13H28N2O/c1-11(2)13(3,16)10-15-7-5-6-12(9-15)8-14-4/h11-12,14,16H,5-10H2,1-4H3. The molecule has 0 aromatic heterocycles. The van der Waals surface area contributed by atoms with E-state index in [4.69, 9.17) is 0 Å². The Balaban J connectivity index is 2.42.